The van der Waals surface area contributed by atoms with E-state index in [1.807, 2.05) is 18.7 Å². The Hall–Kier alpha value is -1.13. The monoisotopic (exact) mass is 312 g/mol. The van der Waals surface area contributed by atoms with Crippen LogP contribution in [0.15, 0.2) is 18.2 Å². The van der Waals surface area contributed by atoms with Crippen molar-refractivity contribution >= 4 is 17.5 Å². The first kappa shape index (κ1) is 16.2. The van der Waals surface area contributed by atoms with Gasteiger partial charge in [0.25, 0.3) is 0 Å². The third-order valence-electron chi connectivity index (χ3n) is 3.93. The van der Waals surface area contributed by atoms with Crippen LogP contribution >= 0.6 is 11.6 Å². The van der Waals surface area contributed by atoms with Crippen molar-refractivity contribution in [1.82, 2.24) is 10.2 Å². The average Bonchev–Trinajstić information content (AvgIpc) is 2.46. The summed E-state index contributed by atoms with van der Waals surface area (Å²) in [5, 5.41) is 3.80. The maximum absolute atomic E-state index is 13.7. The number of likely N-dealkylation sites (tertiary alicyclic amines) is 1. The Balaban J connectivity index is 1.83. The molecule has 0 saturated carbocycles. The van der Waals surface area contributed by atoms with Gasteiger partial charge in [0.05, 0.1) is 0 Å². The van der Waals surface area contributed by atoms with Crippen LogP contribution < -0.4 is 5.32 Å². The number of amides is 1. The number of hydrogen-bond donors (Lipinski definition) is 1. The molecule has 1 aromatic rings. The summed E-state index contributed by atoms with van der Waals surface area (Å²) in [5.74, 6) is -0.0141. The molecular weight excluding hydrogens is 291 g/mol. The molecule has 0 bridgehead atoms. The van der Waals surface area contributed by atoms with Crippen LogP contribution in [0.5, 0.6) is 0 Å². The van der Waals surface area contributed by atoms with Crippen molar-refractivity contribution in [2.45, 2.75) is 39.3 Å². The lowest BCUT2D eigenvalue weighted by Crippen LogP contribution is -2.46. The fourth-order valence-electron chi connectivity index (χ4n) is 2.62. The second-order valence-corrected chi connectivity index (χ2v) is 6.24. The number of benzene rings is 1. The largest absolute Gasteiger partial charge is 0.342 e. The van der Waals surface area contributed by atoms with Crippen molar-refractivity contribution in [3.05, 3.63) is 34.6 Å². The highest BCUT2D eigenvalue weighted by molar-refractivity contribution is 6.31. The third kappa shape index (κ3) is 4.17. The molecule has 116 valence electrons. The first-order valence-electron chi connectivity index (χ1n) is 7.44. The maximum atomic E-state index is 13.7. The van der Waals surface area contributed by atoms with Crippen LogP contribution in [0.4, 0.5) is 4.39 Å². The number of hydrogen-bond acceptors (Lipinski definition) is 2. The van der Waals surface area contributed by atoms with Gasteiger partial charge in [-0.25, -0.2) is 4.39 Å². The van der Waals surface area contributed by atoms with Gasteiger partial charge in [0.2, 0.25) is 5.91 Å². The molecule has 0 aromatic heterocycles. The van der Waals surface area contributed by atoms with Crippen LogP contribution in [0.2, 0.25) is 5.02 Å². The van der Waals surface area contributed by atoms with E-state index in [-0.39, 0.29) is 17.6 Å². The molecule has 2 rings (SSSR count). The van der Waals surface area contributed by atoms with E-state index in [0.717, 1.165) is 25.9 Å². The lowest BCUT2D eigenvalue weighted by Gasteiger charge is -2.33. The normalized spacial score (nSPS) is 16.5. The summed E-state index contributed by atoms with van der Waals surface area (Å²) in [4.78, 5) is 13.8. The minimum atomic E-state index is -0.276. The van der Waals surface area contributed by atoms with E-state index in [9.17, 15) is 9.18 Å². The van der Waals surface area contributed by atoms with Gasteiger partial charge in [-0.3, -0.25) is 4.79 Å². The second-order valence-electron chi connectivity index (χ2n) is 5.84. The summed E-state index contributed by atoms with van der Waals surface area (Å²) in [6, 6.07) is 5.03. The van der Waals surface area contributed by atoms with Gasteiger partial charge in [-0.15, -0.1) is 0 Å². The van der Waals surface area contributed by atoms with Gasteiger partial charge in [-0.1, -0.05) is 31.5 Å². The molecule has 1 aliphatic rings. The van der Waals surface area contributed by atoms with Gasteiger partial charge in [0, 0.05) is 42.2 Å². The molecule has 0 unspecified atom stereocenters. The van der Waals surface area contributed by atoms with Gasteiger partial charge in [-0.05, 0) is 25.0 Å². The Labute approximate surface area is 130 Å². The van der Waals surface area contributed by atoms with Gasteiger partial charge >= 0.3 is 0 Å². The highest BCUT2D eigenvalue weighted by Crippen LogP contribution is 2.20. The Kier molecular flexibility index (Phi) is 5.59. The van der Waals surface area contributed by atoms with Crippen molar-refractivity contribution in [2.24, 2.45) is 5.92 Å². The number of nitrogens with zero attached hydrogens (tertiary/aromatic N) is 1. The molecule has 5 heteroatoms. The van der Waals surface area contributed by atoms with Gasteiger partial charge in [-0.2, -0.15) is 0 Å². The molecule has 0 atom stereocenters. The molecule has 1 N–H and O–H groups in total. The van der Waals surface area contributed by atoms with E-state index in [2.05, 4.69) is 5.32 Å². The summed E-state index contributed by atoms with van der Waals surface area (Å²) >= 11 is 6.01. The van der Waals surface area contributed by atoms with Crippen LogP contribution in [0.25, 0.3) is 0 Å². The molecule has 1 aliphatic heterocycles. The van der Waals surface area contributed by atoms with Crippen molar-refractivity contribution in [3.63, 3.8) is 0 Å². The zero-order valence-electron chi connectivity index (χ0n) is 12.5. The quantitative estimate of drug-likeness (QED) is 0.926. The van der Waals surface area contributed by atoms with Crippen LogP contribution in [-0.4, -0.2) is 29.9 Å². The summed E-state index contributed by atoms with van der Waals surface area (Å²) < 4.78 is 13.7. The average molecular weight is 313 g/mol. The highest BCUT2D eigenvalue weighted by atomic mass is 35.5. The van der Waals surface area contributed by atoms with Gasteiger partial charge < -0.3 is 10.2 Å². The van der Waals surface area contributed by atoms with E-state index in [4.69, 9.17) is 11.6 Å². The molecule has 0 spiro atoms. The maximum Gasteiger partial charge on any atom is 0.225 e. The fraction of sp³-hybridized carbons (Fsp3) is 0.562. The van der Waals surface area contributed by atoms with Crippen LogP contribution in [0.3, 0.4) is 0 Å². The number of carbonyl (C=O) groups is 1. The van der Waals surface area contributed by atoms with Crippen molar-refractivity contribution in [1.29, 1.82) is 0 Å². The van der Waals surface area contributed by atoms with E-state index < -0.39 is 0 Å². The minimum absolute atomic E-state index is 0.0479. The van der Waals surface area contributed by atoms with Crippen molar-refractivity contribution < 1.29 is 9.18 Å². The Morgan fingerprint density at radius 2 is 2.10 bits per heavy atom. The smallest absolute Gasteiger partial charge is 0.225 e. The molecule has 1 saturated heterocycles. The molecule has 1 heterocycles. The van der Waals surface area contributed by atoms with Crippen LogP contribution in [0, 0.1) is 11.7 Å². The number of nitrogens with one attached hydrogen (secondary N) is 1. The zero-order valence-corrected chi connectivity index (χ0v) is 13.3. The molecule has 1 aromatic carbocycles. The third-order valence-corrected chi connectivity index (χ3v) is 4.28. The van der Waals surface area contributed by atoms with Gasteiger partial charge in [0.15, 0.2) is 0 Å². The molecule has 1 amide bonds. The van der Waals surface area contributed by atoms with Crippen molar-refractivity contribution in [2.75, 3.05) is 13.1 Å². The van der Waals surface area contributed by atoms with E-state index in [1.165, 1.54) is 6.07 Å². The van der Waals surface area contributed by atoms with E-state index >= 15 is 0 Å². The standard InChI is InChI=1S/C16H22ClFN2O/c1-11(2)16(21)20-8-6-12(7-9-20)19-10-13-14(17)4-3-5-15(13)18/h3-5,11-12,19H,6-10H2,1-2H3. The first-order valence-corrected chi connectivity index (χ1v) is 7.82. The van der Waals surface area contributed by atoms with Gasteiger partial charge in [0.1, 0.15) is 5.82 Å². The number of halogens is 2. The minimum Gasteiger partial charge on any atom is -0.342 e. The molecule has 3 nitrogen and oxygen atoms in total. The van der Waals surface area contributed by atoms with Crippen molar-refractivity contribution in [3.8, 4) is 0 Å². The number of piperidine rings is 1. The number of rotatable bonds is 4. The molecule has 0 aliphatic carbocycles. The highest BCUT2D eigenvalue weighted by Gasteiger charge is 2.24. The fourth-order valence-corrected chi connectivity index (χ4v) is 2.85. The van der Waals surface area contributed by atoms with Crippen LogP contribution in [0.1, 0.15) is 32.3 Å². The predicted octanol–water partition coefficient (Wildman–Crippen LogP) is 3.22. The Morgan fingerprint density at radius 1 is 1.43 bits per heavy atom. The summed E-state index contributed by atoms with van der Waals surface area (Å²) in [6.07, 6.45) is 1.79. The lowest BCUT2D eigenvalue weighted by atomic mass is 10.0. The summed E-state index contributed by atoms with van der Waals surface area (Å²) in [5.41, 5.74) is 0.514. The Bertz CT molecular complexity index is 479. The topological polar surface area (TPSA) is 32.3 Å². The molecule has 21 heavy (non-hydrogen) atoms. The molecular formula is C16H22ClFN2O. The van der Waals surface area contributed by atoms with E-state index in [0.29, 0.717) is 23.2 Å². The zero-order chi connectivity index (χ0) is 15.4. The summed E-state index contributed by atoms with van der Waals surface area (Å²) in [6.45, 7) is 5.80. The predicted molar refractivity (Wildman–Crippen MR) is 82.7 cm³/mol. The molecule has 0 radical (unpaired) electrons. The second kappa shape index (κ2) is 7.23. The summed E-state index contributed by atoms with van der Waals surface area (Å²) in [7, 11) is 0. The SMILES string of the molecule is CC(C)C(=O)N1CCC(NCc2c(F)cccc2Cl)CC1. The number of carbonyl (C=O) groups excluding carboxylic acids is 1. The lowest BCUT2D eigenvalue weighted by molar-refractivity contribution is -0.135. The van der Waals surface area contributed by atoms with E-state index in [1.54, 1.807) is 12.1 Å². The van der Waals surface area contributed by atoms with Crippen LogP contribution in [-0.2, 0) is 11.3 Å². The first-order chi connectivity index (χ1) is 9.99. The Morgan fingerprint density at radius 3 is 2.67 bits per heavy atom. The molecule has 1 fully saturated rings.